The van der Waals surface area contributed by atoms with Crippen molar-refractivity contribution in [2.75, 3.05) is 5.32 Å². The van der Waals surface area contributed by atoms with E-state index in [0.29, 0.717) is 10.8 Å². The molecule has 0 radical (unpaired) electrons. The van der Waals surface area contributed by atoms with Gasteiger partial charge in [0.2, 0.25) is 0 Å². The van der Waals surface area contributed by atoms with E-state index in [-0.39, 0.29) is 5.82 Å². The normalized spacial score (nSPS) is 10.5. The van der Waals surface area contributed by atoms with Gasteiger partial charge in [-0.1, -0.05) is 30.4 Å². The number of aromatic nitrogens is 1. The smallest absolute Gasteiger partial charge is 0.131 e. The maximum atomic E-state index is 12.9. The topological polar surface area (TPSA) is 50.9 Å². The van der Waals surface area contributed by atoms with Crippen molar-refractivity contribution in [3.8, 4) is 0 Å². The van der Waals surface area contributed by atoms with Gasteiger partial charge in [0.15, 0.2) is 0 Å². The molecule has 3 nitrogen and oxygen atoms in total. The third-order valence-electron chi connectivity index (χ3n) is 3.10. The zero-order valence-corrected chi connectivity index (χ0v) is 11.8. The van der Waals surface area contributed by atoms with Crippen molar-refractivity contribution in [3.63, 3.8) is 0 Å². The third-order valence-corrected chi connectivity index (χ3v) is 3.32. The third kappa shape index (κ3) is 2.83. The Labute approximate surface area is 126 Å². The lowest BCUT2D eigenvalue weighted by atomic mass is 10.1. The van der Waals surface area contributed by atoms with E-state index in [1.165, 1.54) is 12.1 Å². The highest BCUT2D eigenvalue weighted by Crippen LogP contribution is 2.23. The number of hydrogen-bond donors (Lipinski definition) is 2. The first-order valence-corrected chi connectivity index (χ1v) is 6.76. The summed E-state index contributed by atoms with van der Waals surface area (Å²) in [5, 5.41) is 4.04. The summed E-state index contributed by atoms with van der Waals surface area (Å²) >= 11 is 5.10. The summed E-state index contributed by atoms with van der Waals surface area (Å²) in [6.45, 7) is 0. The second-order valence-corrected chi connectivity index (χ2v) is 5.01. The fourth-order valence-electron chi connectivity index (χ4n) is 2.12. The Kier molecular flexibility index (Phi) is 3.50. The van der Waals surface area contributed by atoms with Crippen molar-refractivity contribution in [2.45, 2.75) is 0 Å². The maximum absolute atomic E-state index is 12.9. The van der Waals surface area contributed by atoms with Gasteiger partial charge in [-0.3, -0.25) is 0 Å². The van der Waals surface area contributed by atoms with Crippen molar-refractivity contribution in [3.05, 3.63) is 66.0 Å². The standard InChI is InChI=1S/C16H12FN3S/c17-10-5-7-11(8-6-10)19-15-9-13(16(18)21)12-3-1-2-4-14(12)20-15/h1-9H,(H2,18,21)(H,19,20). The van der Waals surface area contributed by atoms with Gasteiger partial charge in [-0.15, -0.1) is 0 Å². The molecule has 1 heterocycles. The minimum Gasteiger partial charge on any atom is -0.389 e. The molecule has 0 aliphatic carbocycles. The van der Waals surface area contributed by atoms with Crippen LogP contribution in [0.25, 0.3) is 10.9 Å². The Hall–Kier alpha value is -2.53. The van der Waals surface area contributed by atoms with Gasteiger partial charge in [-0.25, -0.2) is 9.37 Å². The van der Waals surface area contributed by atoms with Crippen LogP contribution in [0, 0.1) is 5.82 Å². The number of benzene rings is 2. The van der Waals surface area contributed by atoms with Gasteiger partial charge >= 0.3 is 0 Å². The summed E-state index contributed by atoms with van der Waals surface area (Å²) in [6, 6.07) is 15.5. The van der Waals surface area contributed by atoms with Crippen LogP contribution in [0.4, 0.5) is 15.9 Å². The Morgan fingerprint density at radius 3 is 2.52 bits per heavy atom. The van der Waals surface area contributed by atoms with Crippen LogP contribution in [0.1, 0.15) is 5.56 Å². The second kappa shape index (κ2) is 5.46. The Morgan fingerprint density at radius 1 is 1.10 bits per heavy atom. The molecular formula is C16H12FN3S. The first-order chi connectivity index (χ1) is 10.1. The molecule has 0 saturated heterocycles. The molecule has 0 unspecified atom stereocenters. The number of nitrogens with two attached hydrogens (primary N) is 1. The van der Waals surface area contributed by atoms with Gasteiger partial charge in [0, 0.05) is 16.6 Å². The summed E-state index contributed by atoms with van der Waals surface area (Å²) < 4.78 is 12.9. The molecule has 21 heavy (non-hydrogen) atoms. The molecule has 0 bridgehead atoms. The van der Waals surface area contributed by atoms with Crippen molar-refractivity contribution in [1.82, 2.24) is 4.98 Å². The highest BCUT2D eigenvalue weighted by molar-refractivity contribution is 7.80. The van der Waals surface area contributed by atoms with Gasteiger partial charge in [0.1, 0.15) is 16.6 Å². The van der Waals surface area contributed by atoms with Crippen LogP contribution in [-0.4, -0.2) is 9.97 Å². The largest absolute Gasteiger partial charge is 0.389 e. The second-order valence-electron chi connectivity index (χ2n) is 4.57. The first-order valence-electron chi connectivity index (χ1n) is 6.36. The van der Waals surface area contributed by atoms with Crippen LogP contribution in [0.5, 0.6) is 0 Å². The first kappa shape index (κ1) is 13.5. The van der Waals surface area contributed by atoms with Gasteiger partial charge in [0.05, 0.1) is 5.52 Å². The summed E-state index contributed by atoms with van der Waals surface area (Å²) in [5.41, 5.74) is 8.09. The van der Waals surface area contributed by atoms with E-state index in [4.69, 9.17) is 18.0 Å². The molecule has 0 spiro atoms. The molecule has 0 aliphatic rings. The fraction of sp³-hybridized carbons (Fsp3) is 0. The molecule has 1 aromatic heterocycles. The number of hydrogen-bond acceptors (Lipinski definition) is 3. The van der Waals surface area contributed by atoms with E-state index < -0.39 is 0 Å². The number of thiocarbonyl (C=S) groups is 1. The van der Waals surface area contributed by atoms with E-state index in [0.717, 1.165) is 22.2 Å². The molecule has 0 aliphatic heterocycles. The van der Waals surface area contributed by atoms with E-state index in [1.807, 2.05) is 24.3 Å². The lowest BCUT2D eigenvalue weighted by Gasteiger charge is -2.10. The van der Waals surface area contributed by atoms with Crippen LogP contribution in [0.3, 0.4) is 0 Å². The molecular weight excluding hydrogens is 285 g/mol. The maximum Gasteiger partial charge on any atom is 0.131 e. The quantitative estimate of drug-likeness (QED) is 0.723. The number of halogens is 1. The summed E-state index contributed by atoms with van der Waals surface area (Å²) in [6.07, 6.45) is 0. The number of para-hydroxylation sites is 1. The summed E-state index contributed by atoms with van der Waals surface area (Å²) in [7, 11) is 0. The zero-order chi connectivity index (χ0) is 14.8. The molecule has 0 saturated carbocycles. The van der Waals surface area contributed by atoms with E-state index in [1.54, 1.807) is 18.2 Å². The Bertz CT molecular complexity index is 815. The fourth-order valence-corrected chi connectivity index (χ4v) is 2.29. The number of pyridine rings is 1. The summed E-state index contributed by atoms with van der Waals surface area (Å²) in [5.74, 6) is 0.332. The van der Waals surface area contributed by atoms with E-state index >= 15 is 0 Å². The monoisotopic (exact) mass is 297 g/mol. The number of nitrogens with zero attached hydrogens (tertiary/aromatic N) is 1. The molecule has 0 atom stereocenters. The molecule has 0 amide bonds. The summed E-state index contributed by atoms with van der Waals surface area (Å²) in [4.78, 5) is 4.83. The van der Waals surface area contributed by atoms with Crippen molar-refractivity contribution in [2.24, 2.45) is 5.73 Å². The highest BCUT2D eigenvalue weighted by Gasteiger charge is 2.08. The average Bonchev–Trinajstić information content (AvgIpc) is 2.48. The average molecular weight is 297 g/mol. The number of fused-ring (bicyclic) bond motifs is 1. The predicted octanol–water partition coefficient (Wildman–Crippen LogP) is 3.75. The van der Waals surface area contributed by atoms with Crippen molar-refractivity contribution >= 4 is 39.6 Å². The zero-order valence-electron chi connectivity index (χ0n) is 11.0. The molecule has 5 heteroatoms. The van der Waals surface area contributed by atoms with Gasteiger partial charge < -0.3 is 11.1 Å². The van der Waals surface area contributed by atoms with Crippen LogP contribution in [0.15, 0.2) is 54.6 Å². The van der Waals surface area contributed by atoms with Crippen LogP contribution >= 0.6 is 12.2 Å². The molecule has 3 aromatic rings. The molecule has 3 N–H and O–H groups in total. The van der Waals surface area contributed by atoms with Crippen molar-refractivity contribution < 1.29 is 4.39 Å². The Balaban J connectivity index is 2.06. The van der Waals surface area contributed by atoms with E-state index in [2.05, 4.69) is 10.3 Å². The minimum atomic E-state index is -0.282. The van der Waals surface area contributed by atoms with Crippen molar-refractivity contribution in [1.29, 1.82) is 0 Å². The van der Waals surface area contributed by atoms with Gasteiger partial charge in [-0.05, 0) is 36.4 Å². The molecule has 104 valence electrons. The van der Waals surface area contributed by atoms with Crippen LogP contribution in [0.2, 0.25) is 0 Å². The van der Waals surface area contributed by atoms with Gasteiger partial charge in [-0.2, -0.15) is 0 Å². The number of rotatable bonds is 3. The van der Waals surface area contributed by atoms with Crippen LogP contribution in [-0.2, 0) is 0 Å². The van der Waals surface area contributed by atoms with Crippen LogP contribution < -0.4 is 11.1 Å². The highest BCUT2D eigenvalue weighted by atomic mass is 32.1. The number of anilines is 2. The number of nitrogens with one attached hydrogen (secondary N) is 1. The Morgan fingerprint density at radius 2 is 1.81 bits per heavy atom. The molecule has 2 aromatic carbocycles. The lowest BCUT2D eigenvalue weighted by molar-refractivity contribution is 0.628. The molecule has 0 fully saturated rings. The van der Waals surface area contributed by atoms with Gasteiger partial charge in [0.25, 0.3) is 0 Å². The SMILES string of the molecule is NC(=S)c1cc(Nc2ccc(F)cc2)nc2ccccc12. The van der Waals surface area contributed by atoms with E-state index in [9.17, 15) is 4.39 Å². The predicted molar refractivity (Wildman–Crippen MR) is 87.3 cm³/mol. The lowest BCUT2D eigenvalue weighted by Crippen LogP contribution is -2.11. The molecule has 3 rings (SSSR count). The minimum absolute atomic E-state index is 0.282.